The predicted octanol–water partition coefficient (Wildman–Crippen LogP) is 1.49. The fourth-order valence-corrected chi connectivity index (χ4v) is 2.56. The summed E-state index contributed by atoms with van der Waals surface area (Å²) in [5, 5.41) is 12.2. The number of hydrogen-bond donors (Lipinski definition) is 0. The van der Waals surface area contributed by atoms with E-state index in [9.17, 15) is 0 Å². The largest absolute Gasteiger partial charge is 0.178 e. The van der Waals surface area contributed by atoms with Crippen molar-refractivity contribution in [1.29, 1.82) is 0 Å². The third-order valence-electron chi connectivity index (χ3n) is 2.81. The molecule has 1 aromatic rings. The van der Waals surface area contributed by atoms with Crippen LogP contribution in [0.5, 0.6) is 0 Å². The lowest BCUT2D eigenvalue weighted by Crippen LogP contribution is -2.10. The molecule has 3 atom stereocenters. The SMILES string of the molecule is CC1C(Br)CCC1c1nnn(C)n1. The van der Waals surface area contributed by atoms with E-state index in [1.54, 1.807) is 0 Å². The van der Waals surface area contributed by atoms with Gasteiger partial charge in [0.2, 0.25) is 0 Å². The second-order valence-electron chi connectivity index (χ2n) is 3.70. The van der Waals surface area contributed by atoms with Crippen LogP contribution in [0.15, 0.2) is 0 Å². The minimum Gasteiger partial charge on any atom is -0.167 e. The summed E-state index contributed by atoms with van der Waals surface area (Å²) in [6.45, 7) is 2.24. The fourth-order valence-electron chi connectivity index (χ4n) is 1.93. The smallest absolute Gasteiger partial charge is 0.167 e. The quantitative estimate of drug-likeness (QED) is 0.704. The van der Waals surface area contributed by atoms with Crippen molar-refractivity contribution in [3.63, 3.8) is 0 Å². The molecule has 1 saturated carbocycles. The maximum Gasteiger partial charge on any atom is 0.178 e. The molecular weight excluding hydrogens is 232 g/mol. The van der Waals surface area contributed by atoms with E-state index in [4.69, 9.17) is 0 Å². The summed E-state index contributed by atoms with van der Waals surface area (Å²) >= 11 is 3.67. The van der Waals surface area contributed by atoms with Gasteiger partial charge in [-0.3, -0.25) is 0 Å². The normalized spacial score (nSPS) is 33.9. The van der Waals surface area contributed by atoms with Crippen LogP contribution in [0, 0.1) is 5.92 Å². The summed E-state index contributed by atoms with van der Waals surface area (Å²) in [7, 11) is 1.81. The van der Waals surface area contributed by atoms with Gasteiger partial charge in [0.15, 0.2) is 5.82 Å². The van der Waals surface area contributed by atoms with Gasteiger partial charge in [0, 0.05) is 10.7 Å². The van der Waals surface area contributed by atoms with Crippen LogP contribution in [0.2, 0.25) is 0 Å². The highest BCUT2D eigenvalue weighted by Crippen LogP contribution is 2.41. The van der Waals surface area contributed by atoms with E-state index in [2.05, 4.69) is 38.3 Å². The summed E-state index contributed by atoms with van der Waals surface area (Å²) in [4.78, 5) is 2.14. The lowest BCUT2D eigenvalue weighted by Gasteiger charge is -2.12. The van der Waals surface area contributed by atoms with E-state index in [0.29, 0.717) is 16.7 Å². The Morgan fingerprint density at radius 2 is 2.23 bits per heavy atom. The second kappa shape index (κ2) is 3.36. The number of rotatable bonds is 1. The Labute approximate surface area is 85.8 Å². The number of alkyl halides is 1. The zero-order valence-corrected chi connectivity index (χ0v) is 9.40. The van der Waals surface area contributed by atoms with Crippen molar-refractivity contribution in [2.75, 3.05) is 0 Å². The van der Waals surface area contributed by atoms with Crippen LogP contribution < -0.4 is 0 Å². The number of aromatic nitrogens is 4. The first-order chi connectivity index (χ1) is 6.18. The third kappa shape index (κ3) is 1.61. The van der Waals surface area contributed by atoms with Crippen molar-refractivity contribution in [2.45, 2.75) is 30.5 Å². The second-order valence-corrected chi connectivity index (χ2v) is 4.87. The van der Waals surface area contributed by atoms with Gasteiger partial charge in [-0.05, 0) is 24.0 Å². The van der Waals surface area contributed by atoms with Crippen molar-refractivity contribution in [2.24, 2.45) is 13.0 Å². The molecule has 1 heterocycles. The molecule has 3 unspecified atom stereocenters. The highest BCUT2D eigenvalue weighted by Gasteiger charge is 2.34. The molecule has 1 aliphatic rings. The van der Waals surface area contributed by atoms with E-state index < -0.39 is 0 Å². The van der Waals surface area contributed by atoms with E-state index in [-0.39, 0.29) is 0 Å². The number of halogens is 1. The molecule has 2 rings (SSSR count). The zero-order chi connectivity index (χ0) is 9.42. The van der Waals surface area contributed by atoms with E-state index in [1.807, 2.05) is 7.05 Å². The van der Waals surface area contributed by atoms with Gasteiger partial charge in [-0.1, -0.05) is 22.9 Å². The van der Waals surface area contributed by atoms with Crippen LogP contribution in [0.25, 0.3) is 0 Å². The molecule has 0 bridgehead atoms. The van der Waals surface area contributed by atoms with Crippen molar-refractivity contribution >= 4 is 15.9 Å². The first kappa shape index (κ1) is 9.12. The highest BCUT2D eigenvalue weighted by atomic mass is 79.9. The van der Waals surface area contributed by atoms with Crippen LogP contribution in [0.4, 0.5) is 0 Å². The van der Waals surface area contributed by atoms with Gasteiger partial charge in [0.1, 0.15) is 0 Å². The van der Waals surface area contributed by atoms with Gasteiger partial charge < -0.3 is 0 Å². The van der Waals surface area contributed by atoms with Crippen molar-refractivity contribution < 1.29 is 0 Å². The Morgan fingerprint density at radius 3 is 2.69 bits per heavy atom. The maximum absolute atomic E-state index is 4.25. The highest BCUT2D eigenvalue weighted by molar-refractivity contribution is 9.09. The van der Waals surface area contributed by atoms with E-state index in [1.165, 1.54) is 17.6 Å². The van der Waals surface area contributed by atoms with Crippen LogP contribution in [-0.2, 0) is 7.05 Å². The first-order valence-corrected chi connectivity index (χ1v) is 5.48. The van der Waals surface area contributed by atoms with Gasteiger partial charge >= 0.3 is 0 Å². The fraction of sp³-hybridized carbons (Fsp3) is 0.875. The summed E-state index contributed by atoms with van der Waals surface area (Å²) in [5.41, 5.74) is 0. The number of hydrogen-bond acceptors (Lipinski definition) is 3. The molecule has 0 aromatic carbocycles. The van der Waals surface area contributed by atoms with Crippen molar-refractivity contribution in [3.05, 3.63) is 5.82 Å². The number of tetrazole rings is 1. The molecule has 0 N–H and O–H groups in total. The summed E-state index contributed by atoms with van der Waals surface area (Å²) < 4.78 is 0. The average molecular weight is 245 g/mol. The van der Waals surface area contributed by atoms with Gasteiger partial charge in [-0.25, -0.2) is 0 Å². The molecule has 0 amide bonds. The third-order valence-corrected chi connectivity index (χ3v) is 4.11. The molecule has 1 fully saturated rings. The van der Waals surface area contributed by atoms with Crippen LogP contribution in [-0.4, -0.2) is 25.0 Å². The number of aryl methyl sites for hydroxylation is 1. The van der Waals surface area contributed by atoms with Crippen molar-refractivity contribution in [1.82, 2.24) is 20.2 Å². The molecule has 5 heteroatoms. The molecule has 0 aliphatic heterocycles. The Balaban J connectivity index is 2.18. The Bertz CT molecular complexity index is 298. The van der Waals surface area contributed by atoms with Gasteiger partial charge in [-0.15, -0.1) is 10.2 Å². The molecule has 1 aliphatic carbocycles. The van der Waals surface area contributed by atoms with Crippen LogP contribution in [0.3, 0.4) is 0 Å². The lowest BCUT2D eigenvalue weighted by molar-refractivity contribution is 0.515. The molecule has 0 radical (unpaired) electrons. The Hall–Kier alpha value is -0.450. The maximum atomic E-state index is 4.25. The summed E-state index contributed by atoms with van der Waals surface area (Å²) in [5.74, 6) is 2.00. The topological polar surface area (TPSA) is 43.6 Å². The Morgan fingerprint density at radius 1 is 1.46 bits per heavy atom. The summed E-state index contributed by atoms with van der Waals surface area (Å²) in [6.07, 6.45) is 2.38. The molecular formula is C8H13BrN4. The number of nitrogens with zero attached hydrogens (tertiary/aromatic N) is 4. The molecule has 72 valence electrons. The van der Waals surface area contributed by atoms with Gasteiger partial charge in [0.05, 0.1) is 7.05 Å². The molecule has 0 spiro atoms. The van der Waals surface area contributed by atoms with Gasteiger partial charge in [-0.2, -0.15) is 4.80 Å². The molecule has 0 saturated heterocycles. The minimum absolute atomic E-state index is 0.484. The summed E-state index contributed by atoms with van der Waals surface area (Å²) in [6, 6.07) is 0. The van der Waals surface area contributed by atoms with Gasteiger partial charge in [0.25, 0.3) is 0 Å². The van der Waals surface area contributed by atoms with E-state index in [0.717, 1.165) is 5.82 Å². The predicted molar refractivity (Wildman–Crippen MR) is 52.7 cm³/mol. The molecule has 1 aromatic heterocycles. The van der Waals surface area contributed by atoms with Crippen LogP contribution in [0.1, 0.15) is 31.5 Å². The minimum atomic E-state index is 0.484. The molecule has 13 heavy (non-hydrogen) atoms. The molecule has 4 nitrogen and oxygen atoms in total. The Kier molecular flexibility index (Phi) is 2.36. The van der Waals surface area contributed by atoms with Crippen molar-refractivity contribution in [3.8, 4) is 0 Å². The average Bonchev–Trinajstić information content (AvgIpc) is 2.62. The van der Waals surface area contributed by atoms with Crippen LogP contribution >= 0.6 is 15.9 Å². The lowest BCUT2D eigenvalue weighted by atomic mass is 9.98. The van der Waals surface area contributed by atoms with E-state index >= 15 is 0 Å². The standard InChI is InChI=1S/C8H13BrN4/c1-5-6(3-4-7(5)9)8-10-12-13(2)11-8/h5-7H,3-4H2,1-2H3. The monoisotopic (exact) mass is 244 g/mol. The zero-order valence-electron chi connectivity index (χ0n) is 7.81. The first-order valence-electron chi connectivity index (χ1n) is 4.56.